The molecule has 7 nitrogen and oxygen atoms in total. The number of nitrogens with one attached hydrogen (secondary N) is 2. The van der Waals surface area contributed by atoms with Crippen LogP contribution in [0.15, 0.2) is 18.2 Å². The van der Waals surface area contributed by atoms with Gasteiger partial charge < -0.3 is 25.4 Å². The number of aryl methyl sites for hydroxylation is 1. The summed E-state index contributed by atoms with van der Waals surface area (Å²) in [6.07, 6.45) is 2.26. The van der Waals surface area contributed by atoms with Crippen molar-refractivity contribution in [3.63, 3.8) is 0 Å². The molecule has 0 bridgehead atoms. The third-order valence-electron chi connectivity index (χ3n) is 4.57. The van der Waals surface area contributed by atoms with Gasteiger partial charge in [-0.05, 0) is 43.9 Å². The fraction of sp³-hybridized carbons (Fsp3) is 0.556. The number of ether oxygens (including phenoxy) is 1. The Morgan fingerprint density at radius 1 is 1.40 bits per heavy atom. The number of anilines is 1. The number of carbonyl (C=O) groups excluding carboxylic acids is 2. The average Bonchev–Trinajstić information content (AvgIpc) is 3.13. The van der Waals surface area contributed by atoms with Gasteiger partial charge in [0.1, 0.15) is 18.4 Å². The molecule has 7 heteroatoms. The van der Waals surface area contributed by atoms with Gasteiger partial charge in [-0.25, -0.2) is 0 Å². The van der Waals surface area contributed by atoms with Gasteiger partial charge in [-0.15, -0.1) is 0 Å². The Morgan fingerprint density at radius 3 is 2.92 bits per heavy atom. The van der Waals surface area contributed by atoms with E-state index in [0.717, 1.165) is 37.2 Å². The number of carbonyl (C=O) groups is 2. The minimum absolute atomic E-state index is 0.00216. The van der Waals surface area contributed by atoms with Gasteiger partial charge in [0.05, 0.1) is 5.69 Å². The Balaban J connectivity index is 1.48. The maximum atomic E-state index is 12.2. The Hall–Kier alpha value is -2.28. The van der Waals surface area contributed by atoms with Crippen molar-refractivity contribution in [2.24, 2.45) is 0 Å². The molecule has 0 radical (unpaired) electrons. The molecule has 0 saturated carbocycles. The van der Waals surface area contributed by atoms with E-state index in [2.05, 4.69) is 10.6 Å². The van der Waals surface area contributed by atoms with Crippen molar-refractivity contribution in [1.82, 2.24) is 10.2 Å². The van der Waals surface area contributed by atoms with Gasteiger partial charge in [0.2, 0.25) is 11.8 Å². The first-order valence-electron chi connectivity index (χ1n) is 8.81. The molecule has 2 amide bonds. The van der Waals surface area contributed by atoms with E-state index in [4.69, 9.17) is 4.74 Å². The second kappa shape index (κ2) is 7.74. The van der Waals surface area contributed by atoms with Crippen LogP contribution in [-0.4, -0.2) is 53.8 Å². The third kappa shape index (κ3) is 4.42. The number of rotatable bonds is 5. The van der Waals surface area contributed by atoms with Crippen LogP contribution >= 0.6 is 0 Å². The number of nitrogens with zero attached hydrogens (tertiary/aromatic N) is 1. The smallest absolute Gasteiger partial charge is 0.244 e. The average molecular weight is 347 g/mol. The summed E-state index contributed by atoms with van der Waals surface area (Å²) in [6.45, 7) is 3.52. The first kappa shape index (κ1) is 17.5. The van der Waals surface area contributed by atoms with Crippen molar-refractivity contribution in [2.45, 2.75) is 44.9 Å². The Morgan fingerprint density at radius 2 is 2.16 bits per heavy atom. The molecule has 0 aliphatic carbocycles. The molecule has 3 rings (SSSR count). The molecule has 25 heavy (non-hydrogen) atoms. The zero-order valence-electron chi connectivity index (χ0n) is 14.5. The normalized spacial score (nSPS) is 20.2. The number of amides is 2. The summed E-state index contributed by atoms with van der Waals surface area (Å²) in [7, 11) is 0. The predicted octanol–water partition coefficient (Wildman–Crippen LogP) is 0.869. The largest absolute Gasteiger partial charge is 0.487 e. The molecule has 0 aromatic heterocycles. The number of likely N-dealkylation sites (tertiary alicyclic amines) is 1. The summed E-state index contributed by atoms with van der Waals surface area (Å²) in [5, 5.41) is 15.2. The Labute approximate surface area is 147 Å². The van der Waals surface area contributed by atoms with Gasteiger partial charge in [0, 0.05) is 19.5 Å². The van der Waals surface area contributed by atoms with Crippen molar-refractivity contribution < 1.29 is 19.4 Å². The number of aliphatic hydroxyl groups excluding tert-OH is 1. The standard InChI is InChI=1S/C18H25N3O4/c1-12(18(24)21-8-2-3-9-21)19-16(22)7-5-13-4-6-14-15(10-13)25-11-17(23)20-14/h4,6,10,12,17,20,23H,2-3,5,7-9,11H2,1H3,(H,19,22)/t12-,17+/m0/s1. The van der Waals surface area contributed by atoms with Gasteiger partial charge in [-0.1, -0.05) is 6.07 Å². The van der Waals surface area contributed by atoms with E-state index in [1.165, 1.54) is 0 Å². The molecule has 1 saturated heterocycles. The summed E-state index contributed by atoms with van der Waals surface area (Å²) in [5.74, 6) is 0.547. The quantitative estimate of drug-likeness (QED) is 0.735. The molecule has 1 aromatic carbocycles. The summed E-state index contributed by atoms with van der Waals surface area (Å²) in [6, 6.07) is 5.13. The van der Waals surface area contributed by atoms with Gasteiger partial charge in [0.15, 0.2) is 6.23 Å². The minimum Gasteiger partial charge on any atom is -0.487 e. The number of fused-ring (bicyclic) bond motifs is 1. The van der Waals surface area contributed by atoms with Gasteiger partial charge in [-0.2, -0.15) is 0 Å². The van der Waals surface area contributed by atoms with Crippen molar-refractivity contribution in [3.05, 3.63) is 23.8 Å². The van der Waals surface area contributed by atoms with Crippen molar-refractivity contribution in [3.8, 4) is 5.75 Å². The molecule has 0 spiro atoms. The monoisotopic (exact) mass is 347 g/mol. The van der Waals surface area contributed by atoms with Crippen molar-refractivity contribution in [2.75, 3.05) is 25.0 Å². The molecule has 2 heterocycles. The van der Waals surface area contributed by atoms with E-state index in [-0.39, 0.29) is 18.4 Å². The highest BCUT2D eigenvalue weighted by atomic mass is 16.5. The number of benzene rings is 1. The molecule has 2 atom stereocenters. The maximum absolute atomic E-state index is 12.2. The minimum atomic E-state index is -0.696. The highest BCUT2D eigenvalue weighted by molar-refractivity contribution is 5.87. The van der Waals surface area contributed by atoms with Crippen LogP contribution in [0.2, 0.25) is 0 Å². The van der Waals surface area contributed by atoms with Crippen LogP contribution in [0.25, 0.3) is 0 Å². The lowest BCUT2D eigenvalue weighted by atomic mass is 10.1. The first-order valence-corrected chi connectivity index (χ1v) is 8.81. The van der Waals surface area contributed by atoms with Crippen LogP contribution in [0.1, 0.15) is 31.7 Å². The number of hydrogen-bond acceptors (Lipinski definition) is 5. The molecule has 136 valence electrons. The molecular weight excluding hydrogens is 322 g/mol. The molecule has 0 unspecified atom stereocenters. The molecule has 1 aromatic rings. The summed E-state index contributed by atoms with van der Waals surface area (Å²) in [5.41, 5.74) is 1.72. The Bertz CT molecular complexity index is 643. The van der Waals surface area contributed by atoms with E-state index >= 15 is 0 Å². The lowest BCUT2D eigenvalue weighted by Crippen LogP contribution is -2.46. The van der Waals surface area contributed by atoms with Gasteiger partial charge in [-0.3, -0.25) is 9.59 Å². The van der Waals surface area contributed by atoms with Crippen LogP contribution in [0, 0.1) is 0 Å². The zero-order valence-corrected chi connectivity index (χ0v) is 14.5. The topological polar surface area (TPSA) is 90.9 Å². The molecule has 2 aliphatic rings. The SMILES string of the molecule is C[C@H](NC(=O)CCc1ccc2c(c1)OC[C@@H](O)N2)C(=O)N1CCCC1. The van der Waals surface area contributed by atoms with E-state index in [0.29, 0.717) is 18.6 Å². The van der Waals surface area contributed by atoms with Gasteiger partial charge >= 0.3 is 0 Å². The van der Waals surface area contributed by atoms with E-state index in [9.17, 15) is 14.7 Å². The van der Waals surface area contributed by atoms with Crippen molar-refractivity contribution in [1.29, 1.82) is 0 Å². The molecule has 3 N–H and O–H groups in total. The number of hydrogen-bond donors (Lipinski definition) is 3. The van der Waals surface area contributed by atoms with Crippen molar-refractivity contribution >= 4 is 17.5 Å². The molecular formula is C18H25N3O4. The zero-order chi connectivity index (χ0) is 17.8. The van der Waals surface area contributed by atoms with E-state index in [1.54, 1.807) is 6.92 Å². The molecule has 1 fully saturated rings. The van der Waals surface area contributed by atoms with Crippen LogP contribution < -0.4 is 15.4 Å². The highest BCUT2D eigenvalue weighted by Crippen LogP contribution is 2.29. The van der Waals surface area contributed by atoms with Crippen LogP contribution in [0.5, 0.6) is 5.75 Å². The second-order valence-corrected chi connectivity index (χ2v) is 6.62. The van der Waals surface area contributed by atoms with Gasteiger partial charge in [0.25, 0.3) is 0 Å². The lowest BCUT2D eigenvalue weighted by molar-refractivity contribution is -0.135. The fourth-order valence-electron chi connectivity index (χ4n) is 3.20. The third-order valence-corrected chi connectivity index (χ3v) is 4.57. The number of aliphatic hydroxyl groups is 1. The predicted molar refractivity (Wildman–Crippen MR) is 93.3 cm³/mol. The van der Waals surface area contributed by atoms with E-state index in [1.807, 2.05) is 23.1 Å². The van der Waals surface area contributed by atoms with Crippen LogP contribution in [0.3, 0.4) is 0 Å². The Kier molecular flexibility index (Phi) is 5.43. The molecule has 2 aliphatic heterocycles. The summed E-state index contributed by atoms with van der Waals surface area (Å²) >= 11 is 0. The first-order chi connectivity index (χ1) is 12.0. The lowest BCUT2D eigenvalue weighted by Gasteiger charge is -2.24. The summed E-state index contributed by atoms with van der Waals surface area (Å²) in [4.78, 5) is 26.1. The van der Waals surface area contributed by atoms with Crippen LogP contribution in [0.4, 0.5) is 5.69 Å². The fourth-order valence-corrected chi connectivity index (χ4v) is 3.20. The van der Waals surface area contributed by atoms with E-state index < -0.39 is 12.3 Å². The highest BCUT2D eigenvalue weighted by Gasteiger charge is 2.24. The second-order valence-electron chi connectivity index (χ2n) is 6.62. The van der Waals surface area contributed by atoms with Crippen LogP contribution in [-0.2, 0) is 16.0 Å². The maximum Gasteiger partial charge on any atom is 0.244 e. The summed E-state index contributed by atoms with van der Waals surface area (Å²) < 4.78 is 5.47.